The van der Waals surface area contributed by atoms with E-state index in [0.717, 1.165) is 26.2 Å². The predicted octanol–water partition coefficient (Wildman–Crippen LogP) is 2.08. The fraction of sp³-hybridized carbons (Fsp3) is 0.364. The van der Waals surface area contributed by atoms with Crippen molar-refractivity contribution in [3.63, 3.8) is 0 Å². The van der Waals surface area contributed by atoms with E-state index in [1.165, 1.54) is 11.3 Å². The summed E-state index contributed by atoms with van der Waals surface area (Å²) < 4.78 is 11.2. The van der Waals surface area contributed by atoms with Crippen LogP contribution in [0.3, 0.4) is 0 Å². The van der Waals surface area contributed by atoms with Crippen molar-refractivity contribution in [3.05, 3.63) is 47.5 Å². The van der Waals surface area contributed by atoms with Crippen molar-refractivity contribution in [1.29, 1.82) is 0 Å². The zero-order valence-corrected chi connectivity index (χ0v) is 16.4. The highest BCUT2D eigenvalue weighted by Crippen LogP contribution is 2.40. The Labute approximate surface area is 169 Å². The molecule has 0 aromatic heterocycles. The van der Waals surface area contributed by atoms with Crippen molar-refractivity contribution < 1.29 is 19.1 Å². The summed E-state index contributed by atoms with van der Waals surface area (Å²) >= 11 is 0. The van der Waals surface area contributed by atoms with E-state index in [2.05, 4.69) is 41.0 Å². The maximum absolute atomic E-state index is 12.6. The van der Waals surface area contributed by atoms with E-state index in [1.54, 1.807) is 17.0 Å². The molecule has 0 unspecified atom stereocenters. The molecule has 1 saturated heterocycles. The molecule has 29 heavy (non-hydrogen) atoms. The Morgan fingerprint density at radius 2 is 1.66 bits per heavy atom. The van der Waals surface area contributed by atoms with Crippen LogP contribution in [-0.4, -0.2) is 62.7 Å². The number of fused-ring (bicyclic) bond motifs is 2. The maximum atomic E-state index is 12.6. The first-order valence-electron chi connectivity index (χ1n) is 9.94. The van der Waals surface area contributed by atoms with Crippen LogP contribution in [-0.2, 0) is 4.79 Å². The van der Waals surface area contributed by atoms with Crippen LogP contribution in [0.4, 0.5) is 11.4 Å². The van der Waals surface area contributed by atoms with Crippen LogP contribution in [0.5, 0.6) is 11.5 Å². The molecule has 2 aromatic rings. The van der Waals surface area contributed by atoms with Gasteiger partial charge in [0.05, 0.1) is 17.9 Å². The monoisotopic (exact) mass is 393 g/mol. The first kappa shape index (κ1) is 18.0. The second-order valence-electron chi connectivity index (χ2n) is 7.66. The molecular weight excluding hydrogens is 370 g/mol. The highest BCUT2D eigenvalue weighted by atomic mass is 16.6. The largest absolute Gasteiger partial charge is 0.486 e. The third-order valence-electron chi connectivity index (χ3n) is 5.72. The number of ketones is 1. The number of amides is 1. The Kier molecular flexibility index (Phi) is 4.39. The molecule has 0 bridgehead atoms. The van der Waals surface area contributed by atoms with Crippen LogP contribution in [0.25, 0.3) is 0 Å². The van der Waals surface area contributed by atoms with E-state index in [-0.39, 0.29) is 0 Å². The van der Waals surface area contributed by atoms with Gasteiger partial charge in [-0.1, -0.05) is 12.1 Å². The number of nitrogens with zero attached hydrogens (tertiary/aromatic N) is 3. The number of hydrogen-bond acceptors (Lipinski definition) is 6. The molecule has 0 aliphatic carbocycles. The molecule has 1 fully saturated rings. The van der Waals surface area contributed by atoms with Crippen LogP contribution in [0.15, 0.2) is 36.4 Å². The fourth-order valence-corrected chi connectivity index (χ4v) is 4.14. The van der Waals surface area contributed by atoms with Crippen molar-refractivity contribution in [2.75, 3.05) is 55.9 Å². The Morgan fingerprint density at radius 1 is 0.931 bits per heavy atom. The molecular formula is C22H23N3O4. The zero-order valence-electron chi connectivity index (χ0n) is 16.4. The Hall–Kier alpha value is -3.06. The summed E-state index contributed by atoms with van der Waals surface area (Å²) in [6, 6.07) is 11.9. The van der Waals surface area contributed by atoms with Gasteiger partial charge in [-0.25, -0.2) is 0 Å². The van der Waals surface area contributed by atoms with Gasteiger partial charge in [0.1, 0.15) is 13.2 Å². The van der Waals surface area contributed by atoms with Gasteiger partial charge in [0.25, 0.3) is 5.78 Å². The van der Waals surface area contributed by atoms with Gasteiger partial charge in [0.15, 0.2) is 11.5 Å². The van der Waals surface area contributed by atoms with Gasteiger partial charge in [0, 0.05) is 37.9 Å². The third-order valence-corrected chi connectivity index (χ3v) is 5.72. The average molecular weight is 393 g/mol. The van der Waals surface area contributed by atoms with Crippen molar-refractivity contribution in [3.8, 4) is 11.5 Å². The standard InChI is InChI=1S/C22H23N3O4/c1-15-3-2-4-16(11-15)24-7-5-23(6-8-24)14-25-18-13-20-19(28-9-10-29-20)12-17(18)21(26)22(25)27/h2-4,11-13H,5-10,14H2,1H3. The molecule has 0 spiro atoms. The van der Waals surface area contributed by atoms with Crippen LogP contribution in [0.1, 0.15) is 15.9 Å². The summed E-state index contributed by atoms with van der Waals surface area (Å²) in [5.41, 5.74) is 3.49. The quantitative estimate of drug-likeness (QED) is 0.744. The van der Waals surface area contributed by atoms with Crippen LogP contribution in [0, 0.1) is 6.92 Å². The van der Waals surface area contributed by atoms with Gasteiger partial charge in [-0.15, -0.1) is 0 Å². The average Bonchev–Trinajstić information content (AvgIpc) is 2.97. The molecule has 7 nitrogen and oxygen atoms in total. The first-order chi connectivity index (χ1) is 14.1. The summed E-state index contributed by atoms with van der Waals surface area (Å²) in [5.74, 6) is 0.162. The molecule has 2 aromatic carbocycles. The smallest absolute Gasteiger partial charge is 0.300 e. The van der Waals surface area contributed by atoms with Gasteiger partial charge >= 0.3 is 5.91 Å². The molecule has 0 N–H and O–H groups in total. The lowest BCUT2D eigenvalue weighted by atomic mass is 10.1. The summed E-state index contributed by atoms with van der Waals surface area (Å²) in [6.07, 6.45) is 0. The minimum atomic E-state index is -0.483. The molecule has 3 heterocycles. The zero-order chi connectivity index (χ0) is 20.0. The third kappa shape index (κ3) is 3.21. The lowest BCUT2D eigenvalue weighted by molar-refractivity contribution is -0.114. The minimum Gasteiger partial charge on any atom is -0.486 e. The van der Waals surface area contributed by atoms with Crippen LogP contribution in [0.2, 0.25) is 0 Å². The number of hydrogen-bond donors (Lipinski definition) is 0. The van der Waals surface area contributed by atoms with Gasteiger partial charge in [-0.2, -0.15) is 0 Å². The number of benzene rings is 2. The van der Waals surface area contributed by atoms with Crippen LogP contribution < -0.4 is 19.3 Å². The summed E-state index contributed by atoms with van der Waals surface area (Å²) in [5, 5.41) is 0. The number of carbonyl (C=O) groups excluding carboxylic acids is 2. The number of carbonyl (C=O) groups is 2. The van der Waals surface area contributed by atoms with Gasteiger partial charge < -0.3 is 14.4 Å². The number of ether oxygens (including phenoxy) is 2. The van der Waals surface area contributed by atoms with Crippen molar-refractivity contribution >= 4 is 23.1 Å². The number of rotatable bonds is 3. The topological polar surface area (TPSA) is 62.3 Å². The predicted molar refractivity (Wildman–Crippen MR) is 109 cm³/mol. The summed E-state index contributed by atoms with van der Waals surface area (Å²) in [4.78, 5) is 31.3. The Balaban J connectivity index is 1.31. The highest BCUT2D eigenvalue weighted by molar-refractivity contribution is 6.52. The van der Waals surface area contributed by atoms with Crippen molar-refractivity contribution in [2.45, 2.75) is 6.92 Å². The second-order valence-corrected chi connectivity index (χ2v) is 7.66. The second kappa shape index (κ2) is 7.08. The van der Waals surface area contributed by atoms with Crippen LogP contribution >= 0.6 is 0 Å². The van der Waals surface area contributed by atoms with E-state index >= 15 is 0 Å². The lowest BCUT2D eigenvalue weighted by Crippen LogP contribution is -2.51. The molecule has 3 aliphatic rings. The number of Topliss-reactive ketones (excluding diaryl/α,β-unsaturated/α-hetero) is 1. The Bertz CT molecular complexity index is 982. The fourth-order valence-electron chi connectivity index (χ4n) is 4.14. The van der Waals surface area contributed by atoms with Crippen molar-refractivity contribution in [1.82, 2.24) is 4.90 Å². The van der Waals surface area contributed by atoms with Crippen molar-refractivity contribution in [2.24, 2.45) is 0 Å². The molecule has 3 aliphatic heterocycles. The minimum absolute atomic E-state index is 0.401. The molecule has 150 valence electrons. The van der Waals surface area contributed by atoms with E-state index < -0.39 is 11.7 Å². The molecule has 7 heteroatoms. The van der Waals surface area contributed by atoms with E-state index in [0.29, 0.717) is 42.6 Å². The van der Waals surface area contributed by atoms with Gasteiger partial charge in [0.2, 0.25) is 0 Å². The van der Waals surface area contributed by atoms with Gasteiger partial charge in [-0.3, -0.25) is 19.4 Å². The normalized spacial score (nSPS) is 18.9. The van der Waals surface area contributed by atoms with E-state index in [9.17, 15) is 9.59 Å². The van der Waals surface area contributed by atoms with Gasteiger partial charge in [-0.05, 0) is 30.7 Å². The molecule has 0 radical (unpaired) electrons. The summed E-state index contributed by atoms with van der Waals surface area (Å²) in [7, 11) is 0. The highest BCUT2D eigenvalue weighted by Gasteiger charge is 2.38. The molecule has 1 amide bonds. The number of anilines is 2. The molecule has 0 saturated carbocycles. The SMILES string of the molecule is Cc1cccc(N2CCN(CN3C(=O)C(=O)c4cc5c(cc43)OCCO5)CC2)c1. The molecule has 0 atom stereocenters. The Morgan fingerprint density at radius 3 is 2.38 bits per heavy atom. The van der Waals surface area contributed by atoms with E-state index in [4.69, 9.17) is 9.47 Å². The summed E-state index contributed by atoms with van der Waals surface area (Å²) in [6.45, 7) is 6.83. The van der Waals surface area contributed by atoms with E-state index in [1.807, 2.05) is 0 Å². The maximum Gasteiger partial charge on any atom is 0.300 e. The number of aryl methyl sites for hydroxylation is 1. The number of piperazine rings is 1. The lowest BCUT2D eigenvalue weighted by Gasteiger charge is -2.37. The first-order valence-corrected chi connectivity index (χ1v) is 9.94. The molecule has 5 rings (SSSR count).